The van der Waals surface area contributed by atoms with Gasteiger partial charge in [-0.15, -0.1) is 0 Å². The molecule has 110 valence electrons. The number of para-hydroxylation sites is 1. The second-order valence-corrected chi connectivity index (χ2v) is 5.04. The molecule has 1 N–H and O–H groups in total. The zero-order chi connectivity index (χ0) is 15.2. The Bertz CT molecular complexity index is 662. The standard InChI is InChI=1S/C17H20N2O2/c1-3-4-10-19(14-8-6-5-7-9-14)17(21)15-12-18-13(2)11-16(15)20/h5-9,11-12H,3-4,10H2,1-2H3,(H,18,20). The number of aromatic nitrogens is 1. The number of nitrogens with zero attached hydrogens (tertiary/aromatic N) is 1. The van der Waals surface area contributed by atoms with Crippen molar-refractivity contribution in [2.75, 3.05) is 11.4 Å². The maximum absolute atomic E-state index is 12.7. The van der Waals surface area contributed by atoms with Crippen LogP contribution in [0.3, 0.4) is 0 Å². The van der Waals surface area contributed by atoms with Gasteiger partial charge in [0.15, 0.2) is 5.43 Å². The van der Waals surface area contributed by atoms with Crippen LogP contribution >= 0.6 is 0 Å². The molecule has 2 rings (SSSR count). The van der Waals surface area contributed by atoms with E-state index < -0.39 is 0 Å². The summed E-state index contributed by atoms with van der Waals surface area (Å²) in [5, 5.41) is 0. The molecule has 0 aliphatic heterocycles. The molecule has 0 radical (unpaired) electrons. The van der Waals surface area contributed by atoms with Gasteiger partial charge in [-0.25, -0.2) is 0 Å². The highest BCUT2D eigenvalue weighted by Crippen LogP contribution is 2.16. The first-order chi connectivity index (χ1) is 10.1. The van der Waals surface area contributed by atoms with Crippen molar-refractivity contribution in [3.05, 3.63) is 64.1 Å². The zero-order valence-corrected chi connectivity index (χ0v) is 12.4. The van der Waals surface area contributed by atoms with E-state index in [-0.39, 0.29) is 16.9 Å². The van der Waals surface area contributed by atoms with E-state index >= 15 is 0 Å². The number of amides is 1. The molecule has 0 fully saturated rings. The minimum atomic E-state index is -0.254. The van der Waals surface area contributed by atoms with Crippen LogP contribution in [-0.2, 0) is 0 Å². The summed E-state index contributed by atoms with van der Waals surface area (Å²) < 4.78 is 0. The minimum Gasteiger partial charge on any atom is -0.364 e. The van der Waals surface area contributed by atoms with Crippen molar-refractivity contribution in [3.8, 4) is 0 Å². The fourth-order valence-corrected chi connectivity index (χ4v) is 2.16. The largest absolute Gasteiger partial charge is 0.364 e. The fraction of sp³-hybridized carbons (Fsp3) is 0.294. The summed E-state index contributed by atoms with van der Waals surface area (Å²) in [5.41, 5.74) is 1.50. The molecular weight excluding hydrogens is 264 g/mol. The van der Waals surface area contributed by atoms with Gasteiger partial charge >= 0.3 is 0 Å². The van der Waals surface area contributed by atoms with Gasteiger partial charge in [0.05, 0.1) is 0 Å². The third-order valence-electron chi connectivity index (χ3n) is 3.34. The van der Waals surface area contributed by atoms with E-state index in [0.29, 0.717) is 6.54 Å². The number of pyridine rings is 1. The van der Waals surface area contributed by atoms with E-state index in [2.05, 4.69) is 11.9 Å². The third kappa shape index (κ3) is 3.60. The fourth-order valence-electron chi connectivity index (χ4n) is 2.16. The number of unbranched alkanes of at least 4 members (excludes halogenated alkanes) is 1. The van der Waals surface area contributed by atoms with Gasteiger partial charge in [-0.2, -0.15) is 0 Å². The van der Waals surface area contributed by atoms with Crippen LogP contribution < -0.4 is 10.3 Å². The quantitative estimate of drug-likeness (QED) is 0.917. The Morgan fingerprint density at radius 1 is 1.24 bits per heavy atom. The number of benzene rings is 1. The number of carbonyl (C=O) groups excluding carboxylic acids is 1. The van der Waals surface area contributed by atoms with E-state index in [0.717, 1.165) is 24.2 Å². The Labute approximate surface area is 124 Å². The normalized spacial score (nSPS) is 10.4. The molecule has 0 bridgehead atoms. The maximum atomic E-state index is 12.7. The van der Waals surface area contributed by atoms with Crippen molar-refractivity contribution >= 4 is 11.6 Å². The summed E-state index contributed by atoms with van der Waals surface area (Å²) in [6.45, 7) is 4.47. The van der Waals surface area contributed by atoms with Crippen molar-refractivity contribution in [3.63, 3.8) is 0 Å². The average molecular weight is 284 g/mol. The van der Waals surface area contributed by atoms with Gasteiger partial charge in [0.2, 0.25) is 0 Å². The predicted octanol–water partition coefficient (Wildman–Crippen LogP) is 3.13. The number of hydrogen-bond donors (Lipinski definition) is 1. The molecule has 0 unspecified atom stereocenters. The molecule has 1 aromatic heterocycles. The molecule has 1 heterocycles. The molecule has 0 saturated heterocycles. The molecule has 0 atom stereocenters. The van der Waals surface area contributed by atoms with Crippen LogP contribution in [0.5, 0.6) is 0 Å². The van der Waals surface area contributed by atoms with E-state index in [1.807, 2.05) is 30.3 Å². The first-order valence-corrected chi connectivity index (χ1v) is 7.19. The lowest BCUT2D eigenvalue weighted by Gasteiger charge is -2.22. The van der Waals surface area contributed by atoms with Crippen LogP contribution in [0.2, 0.25) is 0 Å². The Balaban J connectivity index is 2.36. The van der Waals surface area contributed by atoms with E-state index in [1.165, 1.54) is 12.3 Å². The maximum Gasteiger partial charge on any atom is 0.263 e. The Morgan fingerprint density at radius 2 is 1.95 bits per heavy atom. The topological polar surface area (TPSA) is 53.2 Å². The van der Waals surface area contributed by atoms with Gasteiger partial charge in [0.1, 0.15) is 5.56 Å². The number of hydrogen-bond acceptors (Lipinski definition) is 2. The highest BCUT2D eigenvalue weighted by Gasteiger charge is 2.19. The molecule has 0 aliphatic carbocycles. The highest BCUT2D eigenvalue weighted by atomic mass is 16.2. The van der Waals surface area contributed by atoms with Gasteiger partial charge in [-0.3, -0.25) is 9.59 Å². The van der Waals surface area contributed by atoms with E-state index in [9.17, 15) is 9.59 Å². The number of aromatic amines is 1. The summed E-state index contributed by atoms with van der Waals surface area (Å²) in [5.74, 6) is -0.254. The highest BCUT2D eigenvalue weighted by molar-refractivity contribution is 6.05. The first kappa shape index (κ1) is 15.0. The Morgan fingerprint density at radius 3 is 2.57 bits per heavy atom. The second kappa shape index (κ2) is 6.88. The molecule has 4 heteroatoms. The van der Waals surface area contributed by atoms with Gasteiger partial charge in [0.25, 0.3) is 5.91 Å². The summed E-state index contributed by atoms with van der Waals surface area (Å²) in [6, 6.07) is 10.9. The van der Waals surface area contributed by atoms with Gasteiger partial charge in [-0.1, -0.05) is 31.5 Å². The van der Waals surface area contributed by atoms with E-state index in [4.69, 9.17) is 0 Å². The van der Waals surface area contributed by atoms with Crippen molar-refractivity contribution in [2.24, 2.45) is 0 Å². The molecule has 21 heavy (non-hydrogen) atoms. The van der Waals surface area contributed by atoms with Crippen molar-refractivity contribution in [2.45, 2.75) is 26.7 Å². The van der Waals surface area contributed by atoms with Crippen LogP contribution in [-0.4, -0.2) is 17.4 Å². The summed E-state index contributed by atoms with van der Waals surface area (Å²) >= 11 is 0. The van der Waals surface area contributed by atoms with Crippen LogP contribution in [0.15, 0.2) is 47.4 Å². The molecule has 0 aliphatic rings. The second-order valence-electron chi connectivity index (χ2n) is 5.04. The summed E-state index contributed by atoms with van der Waals surface area (Å²) in [4.78, 5) is 29.3. The molecule has 4 nitrogen and oxygen atoms in total. The lowest BCUT2D eigenvalue weighted by molar-refractivity contribution is 0.0985. The third-order valence-corrected chi connectivity index (χ3v) is 3.34. The van der Waals surface area contributed by atoms with Crippen molar-refractivity contribution < 1.29 is 4.79 Å². The molecule has 0 saturated carbocycles. The molecule has 0 spiro atoms. The Kier molecular flexibility index (Phi) is 4.93. The first-order valence-electron chi connectivity index (χ1n) is 7.19. The molecule has 1 amide bonds. The summed E-state index contributed by atoms with van der Waals surface area (Å²) in [7, 11) is 0. The zero-order valence-electron chi connectivity index (χ0n) is 12.4. The lowest BCUT2D eigenvalue weighted by Crippen LogP contribution is -2.35. The van der Waals surface area contributed by atoms with Crippen molar-refractivity contribution in [1.29, 1.82) is 0 Å². The van der Waals surface area contributed by atoms with Crippen LogP contribution in [0.1, 0.15) is 35.8 Å². The number of aryl methyl sites for hydroxylation is 1. The molecule has 2 aromatic rings. The van der Waals surface area contributed by atoms with Crippen LogP contribution in [0.25, 0.3) is 0 Å². The monoisotopic (exact) mass is 284 g/mol. The average Bonchev–Trinajstić information content (AvgIpc) is 2.48. The number of anilines is 1. The van der Waals surface area contributed by atoms with Crippen molar-refractivity contribution in [1.82, 2.24) is 4.98 Å². The van der Waals surface area contributed by atoms with Crippen LogP contribution in [0, 0.1) is 6.92 Å². The molecule has 1 aromatic carbocycles. The van der Waals surface area contributed by atoms with E-state index in [1.54, 1.807) is 11.8 Å². The predicted molar refractivity (Wildman–Crippen MR) is 84.8 cm³/mol. The van der Waals surface area contributed by atoms with Crippen LogP contribution in [0.4, 0.5) is 5.69 Å². The number of carbonyl (C=O) groups is 1. The summed E-state index contributed by atoms with van der Waals surface area (Å²) in [6.07, 6.45) is 3.38. The van der Waals surface area contributed by atoms with Gasteiger partial charge in [0, 0.05) is 30.2 Å². The number of H-pyrrole nitrogens is 1. The number of rotatable bonds is 5. The molecular formula is C17H20N2O2. The number of nitrogens with one attached hydrogen (secondary N) is 1. The Hall–Kier alpha value is -2.36. The minimum absolute atomic E-state index is 0.181. The smallest absolute Gasteiger partial charge is 0.263 e. The lowest BCUT2D eigenvalue weighted by atomic mass is 10.2. The van der Waals surface area contributed by atoms with Gasteiger partial charge in [-0.05, 0) is 25.5 Å². The SMILES string of the molecule is CCCCN(C(=O)c1c[nH]c(C)cc1=O)c1ccccc1. The van der Waals surface area contributed by atoms with Gasteiger partial charge < -0.3 is 9.88 Å².